The van der Waals surface area contributed by atoms with Gasteiger partial charge >= 0.3 is 5.97 Å². The van der Waals surface area contributed by atoms with E-state index in [1.54, 1.807) is 0 Å². The number of para-hydroxylation sites is 1. The molecule has 0 aliphatic carbocycles. The van der Waals surface area contributed by atoms with Gasteiger partial charge in [0, 0.05) is 5.56 Å². The van der Waals surface area contributed by atoms with E-state index in [9.17, 15) is 4.79 Å². The zero-order valence-corrected chi connectivity index (χ0v) is 8.03. The number of benzene rings is 1. The van der Waals surface area contributed by atoms with Gasteiger partial charge in [-0.05, 0) is 12.5 Å². The molecule has 14 heavy (non-hydrogen) atoms. The van der Waals surface area contributed by atoms with Crippen LogP contribution in [-0.2, 0) is 9.53 Å². The number of ether oxygens (including phenoxy) is 2. The molecule has 0 bridgehead atoms. The largest absolute Gasteiger partial charge is 0.493 e. The van der Waals surface area contributed by atoms with Gasteiger partial charge in [-0.3, -0.25) is 4.79 Å². The van der Waals surface area contributed by atoms with E-state index >= 15 is 0 Å². The van der Waals surface area contributed by atoms with Crippen molar-refractivity contribution in [1.82, 2.24) is 0 Å². The Morgan fingerprint density at radius 2 is 2.29 bits per heavy atom. The third kappa shape index (κ3) is 1.45. The summed E-state index contributed by atoms with van der Waals surface area (Å²) in [6.07, 6.45) is 0.698. The van der Waals surface area contributed by atoms with Crippen LogP contribution in [0.3, 0.4) is 0 Å². The van der Waals surface area contributed by atoms with Crippen molar-refractivity contribution in [3.05, 3.63) is 29.8 Å². The van der Waals surface area contributed by atoms with Crippen LogP contribution in [0.2, 0.25) is 0 Å². The van der Waals surface area contributed by atoms with E-state index in [-0.39, 0.29) is 11.9 Å². The van der Waals surface area contributed by atoms with E-state index in [2.05, 4.69) is 0 Å². The first-order chi connectivity index (χ1) is 6.83. The Balaban J connectivity index is 2.35. The highest BCUT2D eigenvalue weighted by atomic mass is 16.5. The standard InChI is InChI=1S/C11H12O3/c1-13-11(12)9-6-7-14-10-5-3-2-4-8(9)10/h2-5,9H,6-7H2,1H3/t9-/m0/s1. The summed E-state index contributed by atoms with van der Waals surface area (Å²) in [6.45, 7) is 0.580. The summed E-state index contributed by atoms with van der Waals surface area (Å²) < 4.78 is 10.2. The Morgan fingerprint density at radius 3 is 3.07 bits per heavy atom. The number of esters is 1. The van der Waals surface area contributed by atoms with Crippen molar-refractivity contribution in [1.29, 1.82) is 0 Å². The maximum Gasteiger partial charge on any atom is 0.313 e. The smallest absolute Gasteiger partial charge is 0.313 e. The van der Waals surface area contributed by atoms with Crippen LogP contribution in [0.5, 0.6) is 5.75 Å². The molecule has 1 aliphatic heterocycles. The summed E-state index contributed by atoms with van der Waals surface area (Å²) >= 11 is 0. The van der Waals surface area contributed by atoms with E-state index in [1.165, 1.54) is 7.11 Å². The number of carbonyl (C=O) groups excluding carboxylic acids is 1. The minimum atomic E-state index is -0.180. The lowest BCUT2D eigenvalue weighted by Gasteiger charge is -2.23. The topological polar surface area (TPSA) is 35.5 Å². The molecule has 1 heterocycles. The lowest BCUT2D eigenvalue weighted by Crippen LogP contribution is -2.22. The Morgan fingerprint density at radius 1 is 1.50 bits per heavy atom. The van der Waals surface area contributed by atoms with Crippen molar-refractivity contribution < 1.29 is 14.3 Å². The molecule has 1 aliphatic rings. The molecule has 0 spiro atoms. The number of methoxy groups -OCH3 is 1. The van der Waals surface area contributed by atoms with Crippen molar-refractivity contribution in [2.24, 2.45) is 0 Å². The molecule has 0 unspecified atom stereocenters. The van der Waals surface area contributed by atoms with E-state index in [4.69, 9.17) is 9.47 Å². The minimum absolute atomic E-state index is 0.162. The second kappa shape index (κ2) is 3.70. The van der Waals surface area contributed by atoms with Crippen molar-refractivity contribution in [2.45, 2.75) is 12.3 Å². The first-order valence-corrected chi connectivity index (χ1v) is 4.62. The molecule has 0 fully saturated rings. The zero-order chi connectivity index (χ0) is 9.97. The van der Waals surface area contributed by atoms with Gasteiger partial charge in [0.05, 0.1) is 19.6 Å². The second-order valence-electron chi connectivity index (χ2n) is 3.25. The fourth-order valence-electron chi connectivity index (χ4n) is 1.73. The van der Waals surface area contributed by atoms with Crippen molar-refractivity contribution in [3.8, 4) is 5.75 Å². The predicted molar refractivity (Wildman–Crippen MR) is 51.3 cm³/mol. The third-order valence-electron chi connectivity index (χ3n) is 2.44. The molecule has 0 saturated heterocycles. The average Bonchev–Trinajstić information content (AvgIpc) is 2.27. The van der Waals surface area contributed by atoms with Crippen LogP contribution in [0, 0.1) is 0 Å². The number of rotatable bonds is 1. The Hall–Kier alpha value is -1.51. The zero-order valence-electron chi connectivity index (χ0n) is 8.03. The SMILES string of the molecule is COC(=O)[C@H]1CCOc2ccccc21. The van der Waals surface area contributed by atoms with Gasteiger partial charge in [-0.2, -0.15) is 0 Å². The summed E-state index contributed by atoms with van der Waals surface area (Å²) in [6, 6.07) is 7.60. The van der Waals surface area contributed by atoms with Gasteiger partial charge < -0.3 is 9.47 Å². The molecule has 3 nitrogen and oxygen atoms in total. The summed E-state index contributed by atoms with van der Waals surface area (Å²) in [5, 5.41) is 0. The molecule has 2 rings (SSSR count). The fraction of sp³-hybridized carbons (Fsp3) is 0.364. The van der Waals surface area contributed by atoms with Crippen LogP contribution in [-0.4, -0.2) is 19.7 Å². The highest BCUT2D eigenvalue weighted by molar-refractivity contribution is 5.79. The maximum atomic E-state index is 11.5. The van der Waals surface area contributed by atoms with Gasteiger partial charge in [0.25, 0.3) is 0 Å². The average molecular weight is 192 g/mol. The maximum absolute atomic E-state index is 11.5. The van der Waals surface area contributed by atoms with E-state index in [0.717, 1.165) is 11.3 Å². The van der Waals surface area contributed by atoms with Gasteiger partial charge in [-0.1, -0.05) is 18.2 Å². The molecule has 0 saturated carbocycles. The van der Waals surface area contributed by atoms with Gasteiger partial charge in [-0.25, -0.2) is 0 Å². The van der Waals surface area contributed by atoms with Crippen molar-refractivity contribution >= 4 is 5.97 Å². The lowest BCUT2D eigenvalue weighted by atomic mass is 9.93. The summed E-state index contributed by atoms with van der Waals surface area (Å²) in [7, 11) is 1.42. The highest BCUT2D eigenvalue weighted by Crippen LogP contribution is 2.33. The van der Waals surface area contributed by atoms with E-state index in [1.807, 2.05) is 24.3 Å². The molecule has 0 N–H and O–H groups in total. The predicted octanol–water partition coefficient (Wildman–Crippen LogP) is 1.73. The molecule has 0 aromatic heterocycles. The summed E-state index contributed by atoms with van der Waals surface area (Å²) in [5.74, 6) is 0.458. The highest BCUT2D eigenvalue weighted by Gasteiger charge is 2.27. The first-order valence-electron chi connectivity index (χ1n) is 4.62. The Kier molecular flexibility index (Phi) is 2.39. The summed E-state index contributed by atoms with van der Waals surface area (Å²) in [5.41, 5.74) is 0.936. The summed E-state index contributed by atoms with van der Waals surface area (Å²) in [4.78, 5) is 11.5. The second-order valence-corrected chi connectivity index (χ2v) is 3.25. The van der Waals surface area contributed by atoms with Crippen LogP contribution >= 0.6 is 0 Å². The number of fused-ring (bicyclic) bond motifs is 1. The number of hydrogen-bond acceptors (Lipinski definition) is 3. The molecular weight excluding hydrogens is 180 g/mol. The van der Waals surface area contributed by atoms with E-state index in [0.29, 0.717) is 13.0 Å². The Labute approximate surface area is 82.6 Å². The van der Waals surface area contributed by atoms with Gasteiger partial charge in [-0.15, -0.1) is 0 Å². The van der Waals surface area contributed by atoms with Gasteiger partial charge in [0.15, 0.2) is 0 Å². The van der Waals surface area contributed by atoms with Crippen LogP contribution in [0.1, 0.15) is 17.9 Å². The molecule has 3 heteroatoms. The monoisotopic (exact) mass is 192 g/mol. The molecule has 1 aromatic carbocycles. The quantitative estimate of drug-likeness (QED) is 0.635. The molecular formula is C11H12O3. The fourth-order valence-corrected chi connectivity index (χ4v) is 1.73. The lowest BCUT2D eigenvalue weighted by molar-refractivity contribution is -0.143. The number of hydrogen-bond donors (Lipinski definition) is 0. The molecule has 1 aromatic rings. The van der Waals surface area contributed by atoms with Crippen LogP contribution in [0.25, 0.3) is 0 Å². The Bertz CT molecular complexity index is 346. The normalized spacial score (nSPS) is 19.4. The minimum Gasteiger partial charge on any atom is -0.493 e. The van der Waals surface area contributed by atoms with Crippen LogP contribution in [0.15, 0.2) is 24.3 Å². The van der Waals surface area contributed by atoms with E-state index < -0.39 is 0 Å². The first kappa shape index (κ1) is 9.06. The number of carbonyl (C=O) groups is 1. The van der Waals surface area contributed by atoms with Gasteiger partial charge in [0.1, 0.15) is 5.75 Å². The third-order valence-corrected chi connectivity index (χ3v) is 2.44. The molecule has 0 radical (unpaired) electrons. The van der Waals surface area contributed by atoms with Crippen LogP contribution < -0.4 is 4.74 Å². The van der Waals surface area contributed by atoms with Crippen LogP contribution in [0.4, 0.5) is 0 Å². The molecule has 0 amide bonds. The molecule has 1 atom stereocenters. The van der Waals surface area contributed by atoms with Crippen molar-refractivity contribution in [2.75, 3.05) is 13.7 Å². The van der Waals surface area contributed by atoms with Gasteiger partial charge in [0.2, 0.25) is 0 Å². The molecule has 74 valence electrons. The van der Waals surface area contributed by atoms with Crippen molar-refractivity contribution in [3.63, 3.8) is 0 Å².